The molecule has 3 rings (SSSR count). The number of likely N-dealkylation sites (tertiary alicyclic amines) is 1. The second-order valence-electron chi connectivity index (χ2n) is 6.25. The number of hydrogen-bond donors (Lipinski definition) is 1. The van der Waals surface area contributed by atoms with Crippen molar-refractivity contribution >= 4 is 27.7 Å². The number of carbonyl (C=O) groups excluding carboxylic acids is 2. The first kappa shape index (κ1) is 18.5. The molecule has 2 aromatic rings. The fourth-order valence-electron chi connectivity index (χ4n) is 3.05. The molecular weight excluding hydrogens is 396 g/mol. The highest BCUT2D eigenvalue weighted by Gasteiger charge is 2.25. The molecule has 6 heteroatoms. The monoisotopic (exact) mass is 416 g/mol. The summed E-state index contributed by atoms with van der Waals surface area (Å²) in [6.07, 6.45) is 1.50. The zero-order valence-electron chi connectivity index (χ0n) is 14.6. The molecule has 1 heterocycles. The van der Waals surface area contributed by atoms with Gasteiger partial charge in [0.1, 0.15) is 5.75 Å². The Morgan fingerprint density at radius 1 is 1.08 bits per heavy atom. The maximum absolute atomic E-state index is 12.6. The third-order valence-corrected chi connectivity index (χ3v) is 5.26. The van der Waals surface area contributed by atoms with Crippen LogP contribution in [0.2, 0.25) is 0 Å². The lowest BCUT2D eigenvalue weighted by Crippen LogP contribution is -2.46. The van der Waals surface area contributed by atoms with Crippen LogP contribution in [0, 0.1) is 0 Å². The molecule has 1 aliphatic rings. The number of hydrogen-bond acceptors (Lipinski definition) is 3. The van der Waals surface area contributed by atoms with Crippen LogP contribution < -0.4 is 10.1 Å². The van der Waals surface area contributed by atoms with Crippen LogP contribution in [0.1, 0.15) is 33.6 Å². The summed E-state index contributed by atoms with van der Waals surface area (Å²) in [7, 11) is 1.60. The van der Waals surface area contributed by atoms with Gasteiger partial charge in [0.05, 0.1) is 12.7 Å². The fourth-order valence-corrected chi connectivity index (χ4v) is 3.52. The third kappa shape index (κ3) is 4.25. The number of nitrogens with one attached hydrogen (secondary N) is 1. The van der Waals surface area contributed by atoms with Gasteiger partial charge in [0, 0.05) is 29.2 Å². The number of nitrogens with zero attached hydrogens (tertiary/aromatic N) is 1. The third-order valence-electron chi connectivity index (χ3n) is 4.57. The van der Waals surface area contributed by atoms with Crippen molar-refractivity contribution in [2.45, 2.75) is 18.9 Å². The predicted octanol–water partition coefficient (Wildman–Crippen LogP) is 3.49. The Labute approximate surface area is 161 Å². The standard InChI is InChI=1S/C20H21BrN2O3/c1-26-16-8-6-14(7-9-16)20(25)23-12-10-15(11-13-23)22-19(24)17-4-2-3-5-18(17)21/h2-9,15H,10-13H2,1H3,(H,22,24). The van der Waals surface area contributed by atoms with E-state index in [1.165, 1.54) is 0 Å². The number of amides is 2. The fraction of sp³-hybridized carbons (Fsp3) is 0.300. The Hall–Kier alpha value is -2.34. The minimum atomic E-state index is -0.0857. The van der Waals surface area contributed by atoms with E-state index in [0.717, 1.165) is 23.1 Å². The largest absolute Gasteiger partial charge is 0.497 e. The maximum atomic E-state index is 12.6. The lowest BCUT2D eigenvalue weighted by molar-refractivity contribution is 0.0698. The first-order chi connectivity index (χ1) is 12.6. The summed E-state index contributed by atoms with van der Waals surface area (Å²) < 4.78 is 5.90. The van der Waals surface area contributed by atoms with Crippen LogP contribution in [-0.2, 0) is 0 Å². The topological polar surface area (TPSA) is 58.6 Å². The summed E-state index contributed by atoms with van der Waals surface area (Å²) in [5.41, 5.74) is 1.28. The average Bonchev–Trinajstić information content (AvgIpc) is 2.68. The predicted molar refractivity (Wildman–Crippen MR) is 104 cm³/mol. The van der Waals surface area contributed by atoms with Gasteiger partial charge in [0.25, 0.3) is 11.8 Å². The maximum Gasteiger partial charge on any atom is 0.253 e. The number of benzene rings is 2. The van der Waals surface area contributed by atoms with E-state index < -0.39 is 0 Å². The average molecular weight is 417 g/mol. The van der Waals surface area contributed by atoms with Crippen LogP contribution in [0.4, 0.5) is 0 Å². The van der Waals surface area contributed by atoms with Gasteiger partial charge >= 0.3 is 0 Å². The Bertz CT molecular complexity index is 784. The van der Waals surface area contributed by atoms with Crippen molar-refractivity contribution in [2.24, 2.45) is 0 Å². The minimum Gasteiger partial charge on any atom is -0.497 e. The normalized spacial score (nSPS) is 14.8. The Morgan fingerprint density at radius 2 is 1.73 bits per heavy atom. The lowest BCUT2D eigenvalue weighted by atomic mass is 10.0. The number of ether oxygens (including phenoxy) is 1. The van der Waals surface area contributed by atoms with Crippen molar-refractivity contribution in [1.82, 2.24) is 10.2 Å². The van der Waals surface area contributed by atoms with Crippen LogP contribution in [0.25, 0.3) is 0 Å². The molecule has 1 fully saturated rings. The SMILES string of the molecule is COc1ccc(C(=O)N2CCC(NC(=O)c3ccccc3Br)CC2)cc1. The van der Waals surface area contributed by atoms with E-state index in [1.54, 1.807) is 37.4 Å². The molecule has 5 nitrogen and oxygen atoms in total. The lowest BCUT2D eigenvalue weighted by Gasteiger charge is -2.32. The molecular formula is C20H21BrN2O3. The molecule has 0 aliphatic carbocycles. The minimum absolute atomic E-state index is 0.0169. The van der Waals surface area contributed by atoms with Crippen LogP contribution in [0.3, 0.4) is 0 Å². The van der Waals surface area contributed by atoms with Gasteiger partial charge in [-0.1, -0.05) is 12.1 Å². The van der Waals surface area contributed by atoms with E-state index in [4.69, 9.17) is 4.74 Å². The van der Waals surface area contributed by atoms with Gasteiger partial charge < -0.3 is 15.0 Å². The number of methoxy groups -OCH3 is 1. The van der Waals surface area contributed by atoms with Crippen LogP contribution in [0.15, 0.2) is 53.0 Å². The molecule has 1 aliphatic heterocycles. The number of halogens is 1. The van der Waals surface area contributed by atoms with Crippen LogP contribution in [-0.4, -0.2) is 43.0 Å². The summed E-state index contributed by atoms with van der Waals surface area (Å²) >= 11 is 3.40. The highest BCUT2D eigenvalue weighted by atomic mass is 79.9. The van der Waals surface area contributed by atoms with Crippen molar-refractivity contribution < 1.29 is 14.3 Å². The summed E-state index contributed by atoms with van der Waals surface area (Å²) in [5.74, 6) is 0.663. The molecule has 136 valence electrons. The van der Waals surface area contributed by atoms with Gasteiger partial charge in [0.15, 0.2) is 0 Å². The molecule has 2 amide bonds. The Morgan fingerprint density at radius 3 is 2.35 bits per heavy atom. The second-order valence-corrected chi connectivity index (χ2v) is 7.10. The zero-order chi connectivity index (χ0) is 18.5. The molecule has 0 unspecified atom stereocenters. The number of carbonyl (C=O) groups is 2. The van der Waals surface area contributed by atoms with Gasteiger partial charge in [-0.05, 0) is 65.2 Å². The van der Waals surface area contributed by atoms with Gasteiger partial charge in [0.2, 0.25) is 0 Å². The molecule has 1 N–H and O–H groups in total. The number of rotatable bonds is 4. The quantitative estimate of drug-likeness (QED) is 0.829. The van der Waals surface area contributed by atoms with E-state index in [0.29, 0.717) is 24.2 Å². The molecule has 0 spiro atoms. The van der Waals surface area contributed by atoms with E-state index in [2.05, 4.69) is 21.2 Å². The summed E-state index contributed by atoms with van der Waals surface area (Å²) in [6, 6.07) is 14.6. The molecule has 0 radical (unpaired) electrons. The van der Waals surface area contributed by atoms with Crippen molar-refractivity contribution in [3.63, 3.8) is 0 Å². The molecule has 2 aromatic carbocycles. The Balaban J connectivity index is 1.54. The van der Waals surface area contributed by atoms with E-state index in [9.17, 15) is 9.59 Å². The molecule has 1 saturated heterocycles. The molecule has 0 saturated carbocycles. The second kappa shape index (κ2) is 8.36. The van der Waals surface area contributed by atoms with Crippen molar-refractivity contribution in [3.05, 3.63) is 64.1 Å². The Kier molecular flexibility index (Phi) is 5.93. The zero-order valence-corrected chi connectivity index (χ0v) is 16.2. The first-order valence-corrected chi connectivity index (χ1v) is 9.36. The van der Waals surface area contributed by atoms with Crippen molar-refractivity contribution in [3.8, 4) is 5.75 Å². The molecule has 0 bridgehead atoms. The summed E-state index contributed by atoms with van der Waals surface area (Å²) in [5, 5.41) is 3.07. The van der Waals surface area contributed by atoms with Crippen LogP contribution in [0.5, 0.6) is 5.75 Å². The first-order valence-electron chi connectivity index (χ1n) is 8.57. The number of piperidine rings is 1. The van der Waals surface area contributed by atoms with E-state index in [-0.39, 0.29) is 17.9 Å². The van der Waals surface area contributed by atoms with Gasteiger partial charge in [-0.15, -0.1) is 0 Å². The molecule has 0 atom stereocenters. The molecule has 26 heavy (non-hydrogen) atoms. The van der Waals surface area contributed by atoms with Crippen molar-refractivity contribution in [2.75, 3.05) is 20.2 Å². The van der Waals surface area contributed by atoms with E-state index >= 15 is 0 Å². The smallest absolute Gasteiger partial charge is 0.253 e. The highest BCUT2D eigenvalue weighted by molar-refractivity contribution is 9.10. The van der Waals surface area contributed by atoms with Crippen molar-refractivity contribution in [1.29, 1.82) is 0 Å². The molecule has 0 aromatic heterocycles. The summed E-state index contributed by atoms with van der Waals surface area (Å²) in [4.78, 5) is 26.8. The van der Waals surface area contributed by atoms with E-state index in [1.807, 2.05) is 23.1 Å². The van der Waals surface area contributed by atoms with Crippen LogP contribution >= 0.6 is 15.9 Å². The highest BCUT2D eigenvalue weighted by Crippen LogP contribution is 2.19. The van der Waals surface area contributed by atoms with Gasteiger partial charge in [-0.25, -0.2) is 0 Å². The van der Waals surface area contributed by atoms with Gasteiger partial charge in [-0.2, -0.15) is 0 Å². The van der Waals surface area contributed by atoms with Gasteiger partial charge in [-0.3, -0.25) is 9.59 Å². The summed E-state index contributed by atoms with van der Waals surface area (Å²) in [6.45, 7) is 1.26.